The van der Waals surface area contributed by atoms with Crippen LogP contribution in [0.15, 0.2) is 47.4 Å². The van der Waals surface area contributed by atoms with E-state index >= 15 is 0 Å². The van der Waals surface area contributed by atoms with Gasteiger partial charge in [-0.25, -0.2) is 9.97 Å². The van der Waals surface area contributed by atoms with Gasteiger partial charge in [-0.1, -0.05) is 42.4 Å². The van der Waals surface area contributed by atoms with Crippen LogP contribution >= 0.6 is 0 Å². The zero-order valence-corrected chi connectivity index (χ0v) is 14.4. The van der Waals surface area contributed by atoms with Crippen LogP contribution in [0.3, 0.4) is 0 Å². The predicted octanol–water partition coefficient (Wildman–Crippen LogP) is 3.17. The van der Waals surface area contributed by atoms with Crippen molar-refractivity contribution in [1.29, 1.82) is 0 Å². The lowest BCUT2D eigenvalue weighted by Crippen LogP contribution is -2.45. The molecule has 0 radical (unpaired) electrons. The summed E-state index contributed by atoms with van der Waals surface area (Å²) < 4.78 is 5.50. The first-order valence-corrected chi connectivity index (χ1v) is 8.78. The van der Waals surface area contributed by atoms with Crippen LogP contribution < -0.4 is 4.90 Å². The number of nitrogens with one attached hydrogen (secondary N) is 1. The smallest absolute Gasteiger partial charge is 0.233 e. The average Bonchev–Trinajstić information content (AvgIpc) is 3.28. The molecule has 0 unspecified atom stereocenters. The van der Waals surface area contributed by atoms with Crippen molar-refractivity contribution in [3.8, 4) is 11.4 Å². The van der Waals surface area contributed by atoms with Gasteiger partial charge in [-0.15, -0.1) is 0 Å². The summed E-state index contributed by atoms with van der Waals surface area (Å²) in [5.41, 5.74) is 3.10. The predicted molar refractivity (Wildman–Crippen MR) is 98.0 cm³/mol. The summed E-state index contributed by atoms with van der Waals surface area (Å²) in [6.45, 7) is 3.77. The van der Waals surface area contributed by atoms with E-state index in [2.05, 4.69) is 36.9 Å². The number of anilines is 1. The van der Waals surface area contributed by atoms with Gasteiger partial charge in [-0.3, -0.25) is 0 Å². The van der Waals surface area contributed by atoms with E-state index < -0.39 is 0 Å². The third-order valence-corrected chi connectivity index (χ3v) is 4.92. The Morgan fingerprint density at radius 1 is 1.19 bits per heavy atom. The average molecular weight is 346 g/mol. The molecular formula is C19H18N6O. The number of aryl methyl sites for hydroxylation is 1. The zero-order chi connectivity index (χ0) is 17.5. The molecule has 0 bridgehead atoms. The maximum Gasteiger partial charge on any atom is 0.233 e. The van der Waals surface area contributed by atoms with Crippen molar-refractivity contribution in [3.05, 3.63) is 54.3 Å². The van der Waals surface area contributed by atoms with Crippen LogP contribution in [0, 0.1) is 0 Å². The molecule has 1 aliphatic heterocycles. The number of aromatic amines is 1. The van der Waals surface area contributed by atoms with Gasteiger partial charge in [0.1, 0.15) is 17.8 Å². The van der Waals surface area contributed by atoms with Crippen LogP contribution in [-0.4, -0.2) is 38.2 Å². The van der Waals surface area contributed by atoms with E-state index in [-0.39, 0.29) is 5.92 Å². The van der Waals surface area contributed by atoms with E-state index in [1.165, 1.54) is 5.56 Å². The quantitative estimate of drug-likeness (QED) is 0.611. The fourth-order valence-electron chi connectivity index (χ4n) is 3.44. The summed E-state index contributed by atoms with van der Waals surface area (Å²) in [6, 6.07) is 9.88. The maximum atomic E-state index is 5.50. The Hall–Kier alpha value is -3.22. The normalized spacial score (nSPS) is 14.7. The van der Waals surface area contributed by atoms with E-state index in [9.17, 15) is 0 Å². The van der Waals surface area contributed by atoms with Crippen molar-refractivity contribution >= 4 is 16.9 Å². The zero-order valence-electron chi connectivity index (χ0n) is 14.4. The minimum absolute atomic E-state index is 0.231. The van der Waals surface area contributed by atoms with Crippen molar-refractivity contribution in [1.82, 2.24) is 25.1 Å². The number of nitrogens with zero attached hydrogens (tertiary/aromatic N) is 5. The topological polar surface area (TPSA) is 83.7 Å². The molecule has 0 atom stereocenters. The maximum absolute atomic E-state index is 5.50. The molecule has 26 heavy (non-hydrogen) atoms. The highest BCUT2D eigenvalue weighted by Crippen LogP contribution is 2.35. The van der Waals surface area contributed by atoms with Crippen LogP contribution in [0.4, 0.5) is 5.82 Å². The van der Waals surface area contributed by atoms with Crippen molar-refractivity contribution < 1.29 is 4.52 Å². The van der Waals surface area contributed by atoms with Gasteiger partial charge in [0.05, 0.1) is 11.3 Å². The third kappa shape index (κ3) is 2.35. The van der Waals surface area contributed by atoms with E-state index in [4.69, 9.17) is 4.52 Å². The first-order valence-electron chi connectivity index (χ1n) is 8.78. The first-order chi connectivity index (χ1) is 12.8. The van der Waals surface area contributed by atoms with Crippen LogP contribution in [0.25, 0.3) is 22.4 Å². The van der Waals surface area contributed by atoms with Crippen molar-refractivity contribution in [2.24, 2.45) is 0 Å². The largest absolute Gasteiger partial charge is 0.354 e. The Morgan fingerprint density at radius 3 is 2.85 bits per heavy atom. The Bertz CT molecular complexity index is 1050. The van der Waals surface area contributed by atoms with Crippen LogP contribution in [0.2, 0.25) is 0 Å². The Kier molecular flexibility index (Phi) is 3.44. The van der Waals surface area contributed by atoms with Crippen molar-refractivity contribution in [3.63, 3.8) is 0 Å². The molecule has 0 saturated carbocycles. The molecule has 4 heterocycles. The molecule has 1 aromatic carbocycles. The molecule has 1 aliphatic rings. The van der Waals surface area contributed by atoms with E-state index in [1.807, 2.05) is 36.5 Å². The summed E-state index contributed by atoms with van der Waals surface area (Å²) in [6.07, 6.45) is 4.58. The highest BCUT2D eigenvalue weighted by atomic mass is 16.5. The third-order valence-electron chi connectivity index (χ3n) is 4.92. The lowest BCUT2D eigenvalue weighted by molar-refractivity contribution is 0.329. The SMILES string of the molecule is CCc1c[nH]c2ncnc(N3CC(c4nc(-c5ccccc5)no4)C3)c12. The number of H-pyrrole nitrogens is 1. The van der Waals surface area contributed by atoms with E-state index in [1.54, 1.807) is 6.33 Å². The second-order valence-corrected chi connectivity index (χ2v) is 6.51. The fraction of sp³-hybridized carbons (Fsp3) is 0.263. The van der Waals surface area contributed by atoms with E-state index in [0.29, 0.717) is 11.7 Å². The monoisotopic (exact) mass is 346 g/mol. The number of rotatable bonds is 4. The molecule has 4 aromatic rings. The molecule has 1 N–H and O–H groups in total. The molecule has 0 spiro atoms. The second-order valence-electron chi connectivity index (χ2n) is 6.51. The molecule has 3 aromatic heterocycles. The van der Waals surface area contributed by atoms with Gasteiger partial charge in [-0.2, -0.15) is 4.98 Å². The number of fused-ring (bicyclic) bond motifs is 1. The minimum atomic E-state index is 0.231. The first kappa shape index (κ1) is 15.1. The molecule has 5 rings (SSSR count). The Balaban J connectivity index is 1.37. The van der Waals surface area contributed by atoms with Crippen LogP contribution in [-0.2, 0) is 6.42 Å². The van der Waals surface area contributed by atoms with Gasteiger partial charge in [0.2, 0.25) is 11.7 Å². The van der Waals surface area contributed by atoms with Crippen molar-refractivity contribution in [2.75, 3.05) is 18.0 Å². The summed E-state index contributed by atoms with van der Waals surface area (Å²) in [7, 11) is 0. The van der Waals surface area contributed by atoms with Crippen LogP contribution in [0.1, 0.15) is 24.3 Å². The highest BCUT2D eigenvalue weighted by Gasteiger charge is 2.35. The Morgan fingerprint density at radius 2 is 2.04 bits per heavy atom. The van der Waals surface area contributed by atoms with Crippen molar-refractivity contribution in [2.45, 2.75) is 19.3 Å². The lowest BCUT2D eigenvalue weighted by Gasteiger charge is -2.38. The van der Waals surface area contributed by atoms with Gasteiger partial charge < -0.3 is 14.4 Å². The summed E-state index contributed by atoms with van der Waals surface area (Å²) in [4.78, 5) is 18.9. The molecule has 130 valence electrons. The second kappa shape index (κ2) is 5.94. The molecule has 0 aliphatic carbocycles. The highest BCUT2D eigenvalue weighted by molar-refractivity contribution is 5.91. The standard InChI is InChI=1S/C19H18N6O/c1-2-12-8-20-17-15(12)18(22-11-21-17)25-9-14(10-25)19-23-16(24-26-19)13-6-4-3-5-7-13/h3-8,11,14H,2,9-10H2,1H3,(H,20,21,22). The summed E-state index contributed by atoms with van der Waals surface area (Å²) in [5, 5.41) is 5.24. The summed E-state index contributed by atoms with van der Waals surface area (Å²) >= 11 is 0. The molecule has 7 heteroatoms. The minimum Gasteiger partial charge on any atom is -0.354 e. The Labute approximate surface area is 150 Å². The number of hydrogen-bond acceptors (Lipinski definition) is 6. The van der Waals surface area contributed by atoms with Gasteiger partial charge in [0, 0.05) is 24.8 Å². The van der Waals surface area contributed by atoms with Gasteiger partial charge in [0.15, 0.2) is 0 Å². The van der Waals surface area contributed by atoms with E-state index in [0.717, 1.165) is 41.9 Å². The number of benzene rings is 1. The van der Waals surface area contributed by atoms with Gasteiger partial charge in [-0.05, 0) is 12.0 Å². The summed E-state index contributed by atoms with van der Waals surface area (Å²) in [5.74, 6) is 2.54. The molecule has 1 fully saturated rings. The van der Waals surface area contributed by atoms with Gasteiger partial charge in [0.25, 0.3) is 0 Å². The van der Waals surface area contributed by atoms with Crippen LogP contribution in [0.5, 0.6) is 0 Å². The molecule has 7 nitrogen and oxygen atoms in total. The number of hydrogen-bond donors (Lipinski definition) is 1. The molecule has 0 amide bonds. The lowest BCUT2D eigenvalue weighted by atomic mass is 9.99. The fourth-order valence-corrected chi connectivity index (χ4v) is 3.44. The molecule has 1 saturated heterocycles. The number of aromatic nitrogens is 5. The van der Waals surface area contributed by atoms with Gasteiger partial charge >= 0.3 is 0 Å². The molecular weight excluding hydrogens is 328 g/mol.